The molecule has 0 amide bonds. The Labute approximate surface area is 90.0 Å². The number of fused-ring (bicyclic) bond motifs is 1. The Morgan fingerprint density at radius 3 is 2.77 bits per heavy atom. The molecule has 2 heteroatoms. The van der Waals surface area contributed by atoms with Gasteiger partial charge in [0.25, 0.3) is 0 Å². The Morgan fingerprint density at radius 1 is 1.23 bits per heavy atom. The molecule has 1 aliphatic rings. The maximum atomic E-state index is 10.7. The van der Waals surface area contributed by atoms with Crippen molar-refractivity contribution in [2.24, 2.45) is 0 Å². The maximum absolute atomic E-state index is 10.7. The van der Waals surface area contributed by atoms with E-state index >= 15 is 0 Å². The molecule has 0 bridgehead atoms. The van der Waals surface area contributed by atoms with Crippen LogP contribution in [0.1, 0.15) is 17.5 Å². The van der Waals surface area contributed by atoms with E-state index in [0.29, 0.717) is 0 Å². The van der Waals surface area contributed by atoms with E-state index in [1.54, 1.807) is 0 Å². The summed E-state index contributed by atoms with van der Waals surface area (Å²) in [6.45, 7) is 0. The second kappa shape index (κ2) is 4.37. The van der Waals surface area contributed by atoms with Crippen molar-refractivity contribution in [3.8, 4) is 0 Å². The number of rotatable bonds is 0. The van der Waals surface area contributed by atoms with Gasteiger partial charge in [-0.2, -0.15) is 0 Å². The van der Waals surface area contributed by atoms with Crippen LogP contribution in [0.2, 0.25) is 0 Å². The zero-order chi connectivity index (χ0) is 8.39. The van der Waals surface area contributed by atoms with Crippen molar-refractivity contribution in [2.45, 2.75) is 6.42 Å². The molecule has 0 N–H and O–H groups in total. The second-order valence-corrected chi connectivity index (χ2v) is 2.84. The molecule has 1 aromatic carbocycles. The molecule has 0 fully saturated rings. The van der Waals surface area contributed by atoms with E-state index < -0.39 is 0 Å². The molecular weight excluding hydrogens is 155 g/mol. The monoisotopic (exact) mass is 164 g/mol. The molecule has 1 aliphatic carbocycles. The van der Waals surface area contributed by atoms with E-state index in [1.165, 1.54) is 0 Å². The normalized spacial score (nSPS) is 16.5. The average Bonchev–Trinajstić information content (AvgIpc) is 2.17. The number of hydrogen-bond donors (Lipinski definition) is 0. The molecule has 2 rings (SSSR count). The van der Waals surface area contributed by atoms with Crippen molar-refractivity contribution < 1.29 is 24.0 Å². The fourth-order valence-corrected chi connectivity index (χ4v) is 1.47. The first-order chi connectivity index (χ1) is 5.92. The average molecular weight is 164 g/mol. The van der Waals surface area contributed by atoms with E-state index in [-0.39, 0.29) is 18.9 Å². The van der Waals surface area contributed by atoms with Crippen molar-refractivity contribution in [1.29, 1.82) is 0 Å². The van der Waals surface area contributed by atoms with Gasteiger partial charge in [0.1, 0.15) is 0 Å². The van der Waals surface area contributed by atoms with Crippen molar-refractivity contribution in [1.82, 2.24) is 0 Å². The van der Waals surface area contributed by atoms with E-state index in [4.69, 9.17) is 0 Å². The molecule has 0 spiro atoms. The van der Waals surface area contributed by atoms with Crippen LogP contribution in [0.3, 0.4) is 0 Å². The molecule has 0 atom stereocenters. The molecule has 0 aliphatic heterocycles. The van der Waals surface area contributed by atoms with Crippen LogP contribution >= 0.6 is 0 Å². The molecule has 0 radical (unpaired) electrons. The molecule has 0 unspecified atom stereocenters. The van der Waals surface area contributed by atoms with Crippen molar-refractivity contribution in [3.05, 3.63) is 47.7 Å². The van der Waals surface area contributed by atoms with Gasteiger partial charge in [-0.15, -0.1) is 6.26 Å². The third kappa shape index (κ3) is 1.88. The largest absolute Gasteiger partial charge is 1.00 e. The van der Waals surface area contributed by atoms with E-state index in [2.05, 4.69) is 6.08 Å². The smallest absolute Gasteiger partial charge is 0.878 e. The molecule has 0 heterocycles. The summed E-state index contributed by atoms with van der Waals surface area (Å²) in [6.07, 6.45) is 5.79. The van der Waals surface area contributed by atoms with Gasteiger partial charge in [-0.05, 0) is 17.5 Å². The van der Waals surface area contributed by atoms with Gasteiger partial charge in [0.05, 0.1) is 0 Å². The quantitative estimate of drug-likeness (QED) is 0.349. The minimum atomic E-state index is 0. The van der Waals surface area contributed by atoms with Crippen LogP contribution in [-0.4, -0.2) is 0 Å². The summed E-state index contributed by atoms with van der Waals surface area (Å²) >= 11 is 0. The SMILES string of the molecule is [Li+].[O-]/C=C1\CC=Cc2ccccc21. The van der Waals surface area contributed by atoms with Gasteiger partial charge in [0.15, 0.2) is 0 Å². The van der Waals surface area contributed by atoms with Gasteiger partial charge in [0, 0.05) is 0 Å². The topological polar surface area (TPSA) is 23.1 Å². The summed E-state index contributed by atoms with van der Waals surface area (Å²) < 4.78 is 0. The standard InChI is InChI=1S/C11H10O.Li/c12-8-10-6-3-5-9-4-1-2-7-11(9)10;/h1-5,7-8,12H,6H2;/q;+1/p-1/b10-8+;. The van der Waals surface area contributed by atoms with Gasteiger partial charge in [-0.25, -0.2) is 0 Å². The molecule has 60 valence electrons. The van der Waals surface area contributed by atoms with Gasteiger partial charge >= 0.3 is 18.9 Å². The van der Waals surface area contributed by atoms with E-state index in [9.17, 15) is 5.11 Å². The fraction of sp³-hybridized carbons (Fsp3) is 0.0909. The third-order valence-corrected chi connectivity index (χ3v) is 2.08. The Kier molecular flexibility index (Phi) is 3.42. The van der Waals surface area contributed by atoms with Crippen LogP contribution in [0.5, 0.6) is 0 Å². The molecule has 13 heavy (non-hydrogen) atoms. The van der Waals surface area contributed by atoms with Crippen molar-refractivity contribution >= 4 is 11.6 Å². The van der Waals surface area contributed by atoms with Gasteiger partial charge < -0.3 is 5.11 Å². The summed E-state index contributed by atoms with van der Waals surface area (Å²) in [5.41, 5.74) is 3.11. The number of hydrogen-bond acceptors (Lipinski definition) is 1. The van der Waals surface area contributed by atoms with Crippen LogP contribution in [-0.2, 0) is 0 Å². The van der Waals surface area contributed by atoms with Crippen LogP contribution in [0.4, 0.5) is 0 Å². The predicted octanol–water partition coefficient (Wildman–Crippen LogP) is -1.19. The van der Waals surface area contributed by atoms with Crippen LogP contribution < -0.4 is 24.0 Å². The summed E-state index contributed by atoms with van der Waals surface area (Å²) in [6, 6.07) is 7.95. The summed E-state index contributed by atoms with van der Waals surface area (Å²) in [4.78, 5) is 0. The number of benzene rings is 1. The Hall–Kier alpha value is -0.903. The maximum Gasteiger partial charge on any atom is 1.00 e. The molecule has 1 aromatic rings. The number of allylic oxidation sites excluding steroid dienone is 2. The van der Waals surface area contributed by atoms with Gasteiger partial charge in [-0.1, -0.05) is 42.0 Å². The van der Waals surface area contributed by atoms with Crippen molar-refractivity contribution in [3.63, 3.8) is 0 Å². The van der Waals surface area contributed by atoms with Crippen LogP contribution in [0.25, 0.3) is 11.6 Å². The third-order valence-electron chi connectivity index (χ3n) is 2.08. The summed E-state index contributed by atoms with van der Waals surface area (Å²) in [7, 11) is 0. The fourth-order valence-electron chi connectivity index (χ4n) is 1.47. The summed E-state index contributed by atoms with van der Waals surface area (Å²) in [5.74, 6) is 0. The Balaban J connectivity index is 0.000000845. The molecule has 0 aromatic heterocycles. The Morgan fingerprint density at radius 2 is 2.00 bits per heavy atom. The Bertz CT molecular complexity index is 353. The van der Waals surface area contributed by atoms with Gasteiger partial charge in [-0.3, -0.25) is 0 Å². The molecular formula is C11H9LiO. The molecule has 0 saturated carbocycles. The van der Waals surface area contributed by atoms with Gasteiger partial charge in [0.2, 0.25) is 0 Å². The molecule has 1 nitrogen and oxygen atoms in total. The van der Waals surface area contributed by atoms with Crippen LogP contribution in [0, 0.1) is 0 Å². The minimum absolute atomic E-state index is 0. The molecule has 0 saturated heterocycles. The zero-order valence-electron chi connectivity index (χ0n) is 7.66. The van der Waals surface area contributed by atoms with Crippen LogP contribution in [0.15, 0.2) is 36.6 Å². The predicted molar refractivity (Wildman–Crippen MR) is 48.1 cm³/mol. The minimum Gasteiger partial charge on any atom is -0.878 e. The first kappa shape index (κ1) is 10.2. The first-order valence-corrected chi connectivity index (χ1v) is 3.99. The van der Waals surface area contributed by atoms with Crippen molar-refractivity contribution in [2.75, 3.05) is 0 Å². The second-order valence-electron chi connectivity index (χ2n) is 2.84. The van der Waals surface area contributed by atoms with E-state index in [0.717, 1.165) is 29.4 Å². The zero-order valence-corrected chi connectivity index (χ0v) is 7.66. The van der Waals surface area contributed by atoms with E-state index in [1.807, 2.05) is 30.3 Å². The first-order valence-electron chi connectivity index (χ1n) is 3.99. The summed E-state index contributed by atoms with van der Waals surface area (Å²) in [5, 5.41) is 10.7.